The number of cyclic esters (lactones) is 1. The van der Waals surface area contributed by atoms with E-state index in [-0.39, 0.29) is 18.0 Å². The molecule has 2 unspecified atom stereocenters. The maximum absolute atomic E-state index is 12.1. The van der Waals surface area contributed by atoms with Gasteiger partial charge in [-0.2, -0.15) is 0 Å². The molecule has 1 aromatic carbocycles. The third-order valence-electron chi connectivity index (χ3n) is 4.45. The SMILES string of the molecule is CCCCc1ccc(C2CCC(CCCC)C(=O)O2)cc1. The Hall–Kier alpha value is -1.31. The third kappa shape index (κ3) is 4.59. The Morgan fingerprint density at radius 2 is 1.76 bits per heavy atom. The molecule has 0 amide bonds. The summed E-state index contributed by atoms with van der Waals surface area (Å²) in [6.45, 7) is 4.38. The zero-order valence-corrected chi connectivity index (χ0v) is 13.4. The number of unbranched alkanes of at least 4 members (excludes halogenated alkanes) is 2. The predicted molar refractivity (Wildman–Crippen MR) is 86.1 cm³/mol. The molecule has 21 heavy (non-hydrogen) atoms. The number of benzene rings is 1. The highest BCUT2D eigenvalue weighted by molar-refractivity contribution is 5.73. The number of aryl methyl sites for hydroxylation is 1. The lowest BCUT2D eigenvalue weighted by Gasteiger charge is -2.28. The van der Waals surface area contributed by atoms with Crippen LogP contribution < -0.4 is 0 Å². The van der Waals surface area contributed by atoms with Crippen molar-refractivity contribution in [1.82, 2.24) is 0 Å². The van der Waals surface area contributed by atoms with Crippen LogP contribution in [0.5, 0.6) is 0 Å². The second-order valence-corrected chi connectivity index (χ2v) is 6.19. The minimum atomic E-state index is -0.0319. The van der Waals surface area contributed by atoms with Crippen molar-refractivity contribution in [1.29, 1.82) is 0 Å². The van der Waals surface area contributed by atoms with E-state index in [9.17, 15) is 4.79 Å². The van der Waals surface area contributed by atoms with E-state index in [2.05, 4.69) is 38.1 Å². The number of ether oxygens (including phenoxy) is 1. The fourth-order valence-electron chi connectivity index (χ4n) is 2.99. The van der Waals surface area contributed by atoms with Gasteiger partial charge in [0.2, 0.25) is 0 Å². The highest BCUT2D eigenvalue weighted by atomic mass is 16.5. The van der Waals surface area contributed by atoms with Gasteiger partial charge < -0.3 is 4.74 Å². The molecule has 1 heterocycles. The van der Waals surface area contributed by atoms with Gasteiger partial charge in [-0.05, 0) is 43.2 Å². The fourth-order valence-corrected chi connectivity index (χ4v) is 2.99. The van der Waals surface area contributed by atoms with Gasteiger partial charge in [0.25, 0.3) is 0 Å². The standard InChI is InChI=1S/C19H28O2/c1-3-5-7-15-9-11-16(12-10-15)18-14-13-17(8-6-4-2)19(20)21-18/h9-12,17-18H,3-8,13-14H2,1-2H3. The zero-order valence-electron chi connectivity index (χ0n) is 13.4. The van der Waals surface area contributed by atoms with E-state index in [1.807, 2.05) is 0 Å². The van der Waals surface area contributed by atoms with Gasteiger partial charge in [0, 0.05) is 0 Å². The summed E-state index contributed by atoms with van der Waals surface area (Å²) in [4.78, 5) is 12.1. The van der Waals surface area contributed by atoms with Crippen molar-refractivity contribution in [3.05, 3.63) is 35.4 Å². The minimum absolute atomic E-state index is 0.00904. The van der Waals surface area contributed by atoms with E-state index >= 15 is 0 Å². The number of hydrogen-bond donors (Lipinski definition) is 0. The van der Waals surface area contributed by atoms with Gasteiger partial charge in [0.15, 0.2) is 0 Å². The normalized spacial score (nSPS) is 22.1. The van der Waals surface area contributed by atoms with Gasteiger partial charge in [-0.15, -0.1) is 0 Å². The van der Waals surface area contributed by atoms with Gasteiger partial charge in [-0.3, -0.25) is 4.79 Å². The molecule has 0 radical (unpaired) electrons. The first-order valence-electron chi connectivity index (χ1n) is 8.54. The van der Waals surface area contributed by atoms with Gasteiger partial charge in [0.05, 0.1) is 5.92 Å². The van der Waals surface area contributed by atoms with Gasteiger partial charge in [-0.1, -0.05) is 57.4 Å². The highest BCUT2D eigenvalue weighted by Crippen LogP contribution is 2.33. The van der Waals surface area contributed by atoms with E-state index in [4.69, 9.17) is 4.74 Å². The summed E-state index contributed by atoms with van der Waals surface area (Å²) in [5.41, 5.74) is 2.53. The van der Waals surface area contributed by atoms with E-state index < -0.39 is 0 Å². The molecule has 0 saturated carbocycles. The number of rotatable bonds is 7. The topological polar surface area (TPSA) is 26.3 Å². The van der Waals surface area contributed by atoms with Crippen LogP contribution in [0.3, 0.4) is 0 Å². The Morgan fingerprint density at radius 1 is 1.05 bits per heavy atom. The molecular weight excluding hydrogens is 260 g/mol. The van der Waals surface area contributed by atoms with Crippen LogP contribution in [-0.4, -0.2) is 5.97 Å². The Kier molecular flexibility index (Phi) is 6.28. The van der Waals surface area contributed by atoms with E-state index in [0.29, 0.717) is 0 Å². The Balaban J connectivity index is 1.90. The van der Waals surface area contributed by atoms with Crippen LogP contribution in [0.15, 0.2) is 24.3 Å². The van der Waals surface area contributed by atoms with Crippen molar-refractivity contribution in [3.63, 3.8) is 0 Å². The fraction of sp³-hybridized carbons (Fsp3) is 0.632. The second-order valence-electron chi connectivity index (χ2n) is 6.19. The second kappa shape index (κ2) is 8.21. The van der Waals surface area contributed by atoms with Crippen molar-refractivity contribution < 1.29 is 9.53 Å². The van der Waals surface area contributed by atoms with Crippen molar-refractivity contribution in [2.45, 2.75) is 71.3 Å². The number of hydrogen-bond acceptors (Lipinski definition) is 2. The molecule has 1 aliphatic heterocycles. The number of carbonyl (C=O) groups excluding carboxylic acids is 1. The molecule has 0 aliphatic carbocycles. The summed E-state index contributed by atoms with van der Waals surface area (Å²) in [7, 11) is 0. The van der Waals surface area contributed by atoms with E-state index in [1.165, 1.54) is 18.4 Å². The average Bonchev–Trinajstić information content (AvgIpc) is 2.52. The summed E-state index contributed by atoms with van der Waals surface area (Å²) in [6, 6.07) is 8.63. The van der Waals surface area contributed by atoms with Crippen molar-refractivity contribution in [2.24, 2.45) is 5.92 Å². The molecule has 2 rings (SSSR count). The minimum Gasteiger partial charge on any atom is -0.457 e. The first kappa shape index (κ1) is 16.1. The van der Waals surface area contributed by atoms with Crippen LogP contribution in [-0.2, 0) is 16.0 Å². The van der Waals surface area contributed by atoms with Crippen LogP contribution >= 0.6 is 0 Å². The van der Waals surface area contributed by atoms with Crippen LogP contribution in [0.2, 0.25) is 0 Å². The number of esters is 1. The largest absolute Gasteiger partial charge is 0.457 e. The quantitative estimate of drug-likeness (QED) is 0.643. The van der Waals surface area contributed by atoms with Crippen LogP contribution in [0.4, 0.5) is 0 Å². The molecule has 1 aromatic rings. The monoisotopic (exact) mass is 288 g/mol. The maximum Gasteiger partial charge on any atom is 0.309 e. The summed E-state index contributed by atoms with van der Waals surface area (Å²) in [5.74, 6) is 0.139. The predicted octanol–water partition coefficient (Wildman–Crippen LogP) is 5.21. The molecule has 0 bridgehead atoms. The summed E-state index contributed by atoms with van der Waals surface area (Å²) in [6.07, 6.45) is 8.75. The smallest absolute Gasteiger partial charge is 0.309 e. The summed E-state index contributed by atoms with van der Waals surface area (Å²) >= 11 is 0. The molecule has 0 N–H and O–H groups in total. The van der Waals surface area contributed by atoms with Crippen LogP contribution in [0, 0.1) is 5.92 Å². The van der Waals surface area contributed by atoms with Crippen LogP contribution in [0.25, 0.3) is 0 Å². The summed E-state index contributed by atoms with van der Waals surface area (Å²) in [5, 5.41) is 0. The van der Waals surface area contributed by atoms with Gasteiger partial charge in [0.1, 0.15) is 6.10 Å². The lowest BCUT2D eigenvalue weighted by Crippen LogP contribution is -2.26. The molecule has 1 saturated heterocycles. The Bertz CT molecular complexity index is 435. The summed E-state index contributed by atoms with van der Waals surface area (Å²) < 4.78 is 5.66. The Morgan fingerprint density at radius 3 is 2.38 bits per heavy atom. The molecule has 2 nitrogen and oxygen atoms in total. The molecule has 0 aromatic heterocycles. The molecule has 116 valence electrons. The van der Waals surface area contributed by atoms with Gasteiger partial charge >= 0.3 is 5.97 Å². The zero-order chi connectivity index (χ0) is 15.1. The van der Waals surface area contributed by atoms with Crippen molar-refractivity contribution in [3.8, 4) is 0 Å². The molecular formula is C19H28O2. The first-order valence-corrected chi connectivity index (χ1v) is 8.54. The van der Waals surface area contributed by atoms with Crippen molar-refractivity contribution in [2.75, 3.05) is 0 Å². The Labute approximate surface area is 128 Å². The molecule has 1 fully saturated rings. The van der Waals surface area contributed by atoms with Crippen LogP contribution in [0.1, 0.15) is 76.0 Å². The lowest BCUT2D eigenvalue weighted by atomic mass is 9.90. The van der Waals surface area contributed by atoms with E-state index in [1.54, 1.807) is 0 Å². The lowest BCUT2D eigenvalue weighted by molar-refractivity contribution is -0.161. The highest BCUT2D eigenvalue weighted by Gasteiger charge is 2.30. The molecule has 2 heteroatoms. The van der Waals surface area contributed by atoms with E-state index in [0.717, 1.165) is 44.1 Å². The molecule has 1 aliphatic rings. The first-order chi connectivity index (χ1) is 10.2. The molecule has 2 atom stereocenters. The van der Waals surface area contributed by atoms with Crippen molar-refractivity contribution >= 4 is 5.97 Å². The third-order valence-corrected chi connectivity index (χ3v) is 4.45. The maximum atomic E-state index is 12.1. The number of carbonyl (C=O) groups is 1. The van der Waals surface area contributed by atoms with Gasteiger partial charge in [-0.25, -0.2) is 0 Å². The average molecular weight is 288 g/mol. The molecule has 0 spiro atoms.